The normalized spacial score (nSPS) is 11.8. The van der Waals surface area contributed by atoms with E-state index in [1.54, 1.807) is 32.4 Å². The topological polar surface area (TPSA) is 73.7 Å². The Morgan fingerprint density at radius 3 is 2.29 bits per heavy atom. The number of ether oxygens (including phenoxy) is 3. The van der Waals surface area contributed by atoms with Crippen molar-refractivity contribution in [3.8, 4) is 17.4 Å². The van der Waals surface area contributed by atoms with Crippen molar-refractivity contribution in [2.24, 2.45) is 0 Å². The Bertz CT molecular complexity index is 582. The lowest BCUT2D eigenvalue weighted by Gasteiger charge is -2.17. The molecule has 112 valence electrons. The molecular weight excluding hydrogens is 272 g/mol. The zero-order valence-electron chi connectivity index (χ0n) is 12.2. The second-order valence-corrected chi connectivity index (χ2v) is 4.35. The number of rotatable bonds is 6. The van der Waals surface area contributed by atoms with Gasteiger partial charge in [-0.3, -0.25) is 0 Å². The molecule has 0 fully saturated rings. The van der Waals surface area contributed by atoms with E-state index in [9.17, 15) is 5.11 Å². The van der Waals surface area contributed by atoms with Crippen LogP contribution in [0.15, 0.2) is 30.6 Å². The molecule has 21 heavy (non-hydrogen) atoms. The molecule has 0 aliphatic rings. The van der Waals surface area contributed by atoms with Gasteiger partial charge >= 0.3 is 0 Å². The first-order valence-electron chi connectivity index (χ1n) is 6.43. The number of aliphatic hydroxyl groups excluding tert-OH is 1. The highest BCUT2D eigenvalue weighted by Crippen LogP contribution is 2.35. The third-order valence-corrected chi connectivity index (χ3v) is 3.11. The van der Waals surface area contributed by atoms with Gasteiger partial charge in [-0.25, -0.2) is 9.97 Å². The van der Waals surface area contributed by atoms with Crippen molar-refractivity contribution < 1.29 is 19.3 Å². The molecule has 1 atom stereocenters. The molecule has 0 bridgehead atoms. The Hall–Kier alpha value is -2.34. The summed E-state index contributed by atoms with van der Waals surface area (Å²) in [5.74, 6) is 1.60. The quantitative estimate of drug-likeness (QED) is 0.874. The summed E-state index contributed by atoms with van der Waals surface area (Å²) in [5, 5.41) is 10.5. The van der Waals surface area contributed by atoms with Gasteiger partial charge in [-0.1, -0.05) is 6.07 Å². The van der Waals surface area contributed by atoms with Crippen molar-refractivity contribution in [3.05, 3.63) is 41.9 Å². The Balaban J connectivity index is 2.29. The van der Waals surface area contributed by atoms with Gasteiger partial charge in [-0.2, -0.15) is 0 Å². The molecule has 2 rings (SSSR count). The van der Waals surface area contributed by atoms with Gasteiger partial charge in [-0.05, 0) is 12.1 Å². The first kappa shape index (κ1) is 15.1. The molecular formula is C15H18N2O4. The van der Waals surface area contributed by atoms with E-state index in [0.29, 0.717) is 35.1 Å². The van der Waals surface area contributed by atoms with Gasteiger partial charge in [-0.15, -0.1) is 0 Å². The van der Waals surface area contributed by atoms with Gasteiger partial charge in [0.25, 0.3) is 0 Å². The summed E-state index contributed by atoms with van der Waals surface area (Å²) < 4.78 is 15.6. The van der Waals surface area contributed by atoms with Crippen molar-refractivity contribution in [1.82, 2.24) is 9.97 Å². The fourth-order valence-electron chi connectivity index (χ4n) is 2.11. The van der Waals surface area contributed by atoms with E-state index in [1.807, 2.05) is 6.07 Å². The molecule has 1 unspecified atom stereocenters. The summed E-state index contributed by atoms with van der Waals surface area (Å²) in [7, 11) is 4.64. The molecule has 0 radical (unpaired) electrons. The fraction of sp³-hybridized carbons (Fsp3) is 0.333. The lowest BCUT2D eigenvalue weighted by Crippen LogP contribution is -2.08. The molecule has 0 aliphatic carbocycles. The van der Waals surface area contributed by atoms with Gasteiger partial charge in [0.1, 0.15) is 17.8 Å². The lowest BCUT2D eigenvalue weighted by molar-refractivity contribution is 0.168. The van der Waals surface area contributed by atoms with Crippen LogP contribution in [-0.4, -0.2) is 36.4 Å². The van der Waals surface area contributed by atoms with Crippen LogP contribution in [0.25, 0.3) is 0 Å². The smallest absolute Gasteiger partial charge is 0.216 e. The van der Waals surface area contributed by atoms with Crippen LogP contribution < -0.4 is 14.2 Å². The first-order valence-corrected chi connectivity index (χ1v) is 6.43. The number of aliphatic hydroxyl groups is 1. The Morgan fingerprint density at radius 1 is 1.05 bits per heavy atom. The zero-order chi connectivity index (χ0) is 15.2. The highest BCUT2D eigenvalue weighted by molar-refractivity contribution is 5.46. The molecule has 1 N–H and O–H groups in total. The summed E-state index contributed by atoms with van der Waals surface area (Å²) in [6.07, 6.45) is 0.895. The predicted molar refractivity (Wildman–Crippen MR) is 76.8 cm³/mol. The van der Waals surface area contributed by atoms with Gasteiger partial charge in [0.05, 0.1) is 38.7 Å². The number of hydrogen-bond donors (Lipinski definition) is 1. The minimum absolute atomic E-state index is 0.301. The molecule has 6 heteroatoms. The standard InChI is InChI=1S/C15H18N2O4/c1-19-12-5-4-6-13(20-2)15(12)11(18)7-10-8-14(21-3)17-9-16-10/h4-6,8-9,11,18H,7H2,1-3H3. The van der Waals surface area contributed by atoms with Crippen LogP contribution in [0.5, 0.6) is 17.4 Å². The van der Waals surface area contributed by atoms with E-state index >= 15 is 0 Å². The summed E-state index contributed by atoms with van der Waals surface area (Å²) in [5.41, 5.74) is 1.27. The molecule has 2 aromatic rings. The maximum absolute atomic E-state index is 10.5. The van der Waals surface area contributed by atoms with Gasteiger partial charge in [0.2, 0.25) is 5.88 Å². The van der Waals surface area contributed by atoms with E-state index in [2.05, 4.69) is 9.97 Å². The maximum Gasteiger partial charge on any atom is 0.216 e. The van der Waals surface area contributed by atoms with Crippen molar-refractivity contribution >= 4 is 0 Å². The van der Waals surface area contributed by atoms with Crippen LogP contribution in [0.4, 0.5) is 0 Å². The molecule has 1 heterocycles. The lowest BCUT2D eigenvalue weighted by atomic mass is 10.0. The SMILES string of the molecule is COc1cc(CC(O)c2c(OC)cccc2OC)ncn1. The third-order valence-electron chi connectivity index (χ3n) is 3.11. The molecule has 1 aromatic carbocycles. The Kier molecular flexibility index (Phi) is 4.94. The van der Waals surface area contributed by atoms with Crippen molar-refractivity contribution in [2.45, 2.75) is 12.5 Å². The zero-order valence-corrected chi connectivity index (χ0v) is 12.2. The van der Waals surface area contributed by atoms with E-state index in [0.717, 1.165) is 0 Å². The van der Waals surface area contributed by atoms with E-state index < -0.39 is 6.10 Å². The number of methoxy groups -OCH3 is 3. The van der Waals surface area contributed by atoms with Gasteiger partial charge in [0.15, 0.2) is 0 Å². The summed E-state index contributed by atoms with van der Waals surface area (Å²) in [4.78, 5) is 8.07. The van der Waals surface area contributed by atoms with Crippen LogP contribution in [0.1, 0.15) is 17.4 Å². The molecule has 0 spiro atoms. The predicted octanol–water partition coefficient (Wildman–Crippen LogP) is 1.78. The minimum Gasteiger partial charge on any atom is -0.496 e. The highest BCUT2D eigenvalue weighted by Gasteiger charge is 2.19. The summed E-state index contributed by atoms with van der Waals surface area (Å²) in [6, 6.07) is 7.05. The van der Waals surface area contributed by atoms with Crippen molar-refractivity contribution in [1.29, 1.82) is 0 Å². The number of nitrogens with zero attached hydrogens (tertiary/aromatic N) is 2. The Morgan fingerprint density at radius 2 is 1.71 bits per heavy atom. The van der Waals surface area contributed by atoms with Crippen LogP contribution in [0.3, 0.4) is 0 Å². The molecule has 0 saturated heterocycles. The maximum atomic E-state index is 10.5. The van der Waals surface area contributed by atoms with Crippen molar-refractivity contribution in [2.75, 3.05) is 21.3 Å². The monoisotopic (exact) mass is 290 g/mol. The van der Waals surface area contributed by atoms with E-state index in [1.165, 1.54) is 13.4 Å². The molecule has 0 amide bonds. The van der Waals surface area contributed by atoms with Crippen LogP contribution >= 0.6 is 0 Å². The van der Waals surface area contributed by atoms with Gasteiger partial charge < -0.3 is 19.3 Å². The number of hydrogen-bond acceptors (Lipinski definition) is 6. The number of aromatic nitrogens is 2. The number of benzene rings is 1. The van der Waals surface area contributed by atoms with E-state index in [-0.39, 0.29) is 0 Å². The molecule has 1 aromatic heterocycles. The highest BCUT2D eigenvalue weighted by atomic mass is 16.5. The minimum atomic E-state index is -0.810. The van der Waals surface area contributed by atoms with Crippen LogP contribution in [0.2, 0.25) is 0 Å². The van der Waals surface area contributed by atoms with Gasteiger partial charge in [0, 0.05) is 12.5 Å². The first-order chi connectivity index (χ1) is 10.2. The average Bonchev–Trinajstić information content (AvgIpc) is 2.53. The Labute approximate surface area is 123 Å². The largest absolute Gasteiger partial charge is 0.496 e. The summed E-state index contributed by atoms with van der Waals surface area (Å²) >= 11 is 0. The molecule has 6 nitrogen and oxygen atoms in total. The summed E-state index contributed by atoms with van der Waals surface area (Å²) in [6.45, 7) is 0. The fourth-order valence-corrected chi connectivity index (χ4v) is 2.11. The van der Waals surface area contributed by atoms with Crippen LogP contribution in [0, 0.1) is 0 Å². The second-order valence-electron chi connectivity index (χ2n) is 4.35. The third kappa shape index (κ3) is 3.41. The van der Waals surface area contributed by atoms with Crippen LogP contribution in [-0.2, 0) is 6.42 Å². The second kappa shape index (κ2) is 6.90. The molecule has 0 saturated carbocycles. The average molecular weight is 290 g/mol. The van der Waals surface area contributed by atoms with Crippen molar-refractivity contribution in [3.63, 3.8) is 0 Å². The molecule has 0 aliphatic heterocycles. The van der Waals surface area contributed by atoms with E-state index in [4.69, 9.17) is 14.2 Å².